The first-order chi connectivity index (χ1) is 18.9. The van der Waals surface area contributed by atoms with Gasteiger partial charge in [0.25, 0.3) is 17.7 Å². The van der Waals surface area contributed by atoms with Crippen molar-refractivity contribution in [2.24, 2.45) is 7.05 Å². The van der Waals surface area contributed by atoms with Crippen LogP contribution in [0.5, 0.6) is 11.5 Å². The standard InChI is InChI=1S/C26H24N8O5/c1-13(15-4-6-19-17(8-15)32-21(36)11-39-19)30-25-22-24(34(2)33-25)23(29-12-28-22)26(37)27-9-14-3-5-18-16(7-14)31-20(35)10-38-18/h3-8,12-13H,9-11H2,1-2H3,(H,27,37)(H,30,33)(H,31,35)(H,32,36). The van der Waals surface area contributed by atoms with Crippen molar-refractivity contribution in [3.8, 4) is 11.5 Å². The maximum Gasteiger partial charge on any atom is 0.272 e. The van der Waals surface area contributed by atoms with Gasteiger partial charge in [0, 0.05) is 13.6 Å². The van der Waals surface area contributed by atoms with Gasteiger partial charge < -0.3 is 30.7 Å². The number of benzene rings is 2. The number of hydrogen-bond acceptors (Lipinski definition) is 9. The maximum absolute atomic E-state index is 13.1. The third-order valence-corrected chi connectivity index (χ3v) is 6.45. The molecule has 2 aliphatic rings. The number of aromatic nitrogens is 4. The zero-order chi connectivity index (χ0) is 27.1. The normalized spacial score (nSPS) is 14.7. The second kappa shape index (κ2) is 9.59. The molecule has 13 heteroatoms. The van der Waals surface area contributed by atoms with Crippen molar-refractivity contribution in [1.29, 1.82) is 0 Å². The highest BCUT2D eigenvalue weighted by Gasteiger charge is 2.23. The zero-order valence-corrected chi connectivity index (χ0v) is 21.1. The van der Waals surface area contributed by atoms with Crippen molar-refractivity contribution in [1.82, 2.24) is 25.1 Å². The van der Waals surface area contributed by atoms with Crippen LogP contribution in [0.15, 0.2) is 42.7 Å². The Morgan fingerprint density at radius 2 is 1.72 bits per heavy atom. The Bertz CT molecular complexity index is 1650. The molecule has 198 valence electrons. The Kier molecular flexibility index (Phi) is 5.94. The van der Waals surface area contributed by atoms with Crippen LogP contribution in [0.3, 0.4) is 0 Å². The van der Waals surface area contributed by atoms with Crippen molar-refractivity contribution >= 4 is 45.9 Å². The van der Waals surface area contributed by atoms with Crippen molar-refractivity contribution < 1.29 is 23.9 Å². The highest BCUT2D eigenvalue weighted by Crippen LogP contribution is 2.33. The van der Waals surface area contributed by atoms with Crippen LogP contribution in [-0.2, 0) is 23.2 Å². The smallest absolute Gasteiger partial charge is 0.272 e. The molecule has 2 aromatic heterocycles. The van der Waals surface area contributed by atoms with Crippen LogP contribution >= 0.6 is 0 Å². The second-order valence-electron chi connectivity index (χ2n) is 9.20. The molecule has 2 aliphatic heterocycles. The van der Waals surface area contributed by atoms with Crippen LogP contribution in [0.4, 0.5) is 17.2 Å². The minimum absolute atomic E-state index is 0.00379. The molecule has 0 bridgehead atoms. The summed E-state index contributed by atoms with van der Waals surface area (Å²) in [5, 5.41) is 16.3. The fraction of sp³-hybridized carbons (Fsp3) is 0.231. The Morgan fingerprint density at radius 1 is 1.03 bits per heavy atom. The molecule has 2 aromatic carbocycles. The molecule has 0 spiro atoms. The van der Waals surface area contributed by atoms with Crippen LogP contribution in [-0.4, -0.2) is 50.7 Å². The Hall–Kier alpha value is -5.20. The van der Waals surface area contributed by atoms with Crippen LogP contribution < -0.4 is 30.7 Å². The lowest BCUT2D eigenvalue weighted by Gasteiger charge is -2.20. The molecule has 0 aliphatic carbocycles. The van der Waals surface area contributed by atoms with Crippen LogP contribution in [0.1, 0.15) is 34.6 Å². The topological polar surface area (TPSA) is 161 Å². The molecule has 4 N–H and O–H groups in total. The molecule has 6 rings (SSSR count). The number of hydrogen-bond donors (Lipinski definition) is 4. The summed E-state index contributed by atoms with van der Waals surface area (Å²) in [7, 11) is 1.72. The second-order valence-corrected chi connectivity index (χ2v) is 9.20. The summed E-state index contributed by atoms with van der Waals surface area (Å²) < 4.78 is 12.4. The van der Waals surface area contributed by atoms with Gasteiger partial charge in [-0.05, 0) is 42.3 Å². The Balaban J connectivity index is 1.20. The van der Waals surface area contributed by atoms with E-state index in [-0.39, 0.29) is 43.3 Å². The van der Waals surface area contributed by atoms with Crippen molar-refractivity contribution in [3.05, 3.63) is 59.5 Å². The average molecular weight is 529 g/mol. The van der Waals surface area contributed by atoms with Crippen molar-refractivity contribution in [3.63, 3.8) is 0 Å². The van der Waals surface area contributed by atoms with E-state index in [0.717, 1.165) is 11.1 Å². The number of nitrogens with zero attached hydrogens (tertiary/aromatic N) is 4. The first kappa shape index (κ1) is 24.2. The molecule has 13 nitrogen and oxygen atoms in total. The van der Waals surface area contributed by atoms with Gasteiger partial charge in [-0.25, -0.2) is 9.97 Å². The van der Waals surface area contributed by atoms with E-state index >= 15 is 0 Å². The van der Waals surface area contributed by atoms with Gasteiger partial charge in [0.05, 0.1) is 17.4 Å². The fourth-order valence-corrected chi connectivity index (χ4v) is 4.53. The molecule has 0 saturated heterocycles. The molecule has 4 heterocycles. The molecule has 3 amide bonds. The largest absolute Gasteiger partial charge is 0.482 e. The van der Waals surface area contributed by atoms with E-state index in [1.165, 1.54) is 6.33 Å². The molecule has 0 saturated carbocycles. The Morgan fingerprint density at radius 3 is 2.46 bits per heavy atom. The molecule has 0 fully saturated rings. The van der Waals surface area contributed by atoms with E-state index < -0.39 is 5.91 Å². The van der Waals surface area contributed by atoms with Gasteiger partial charge >= 0.3 is 0 Å². The van der Waals surface area contributed by atoms with Crippen LogP contribution in [0.25, 0.3) is 11.0 Å². The predicted octanol–water partition coefficient (Wildman–Crippen LogP) is 2.13. The number of rotatable bonds is 6. The fourth-order valence-electron chi connectivity index (χ4n) is 4.53. The number of anilines is 3. The summed E-state index contributed by atoms with van der Waals surface area (Å²) in [5.41, 5.74) is 4.00. The van der Waals surface area contributed by atoms with Gasteiger partial charge in [-0.2, -0.15) is 5.10 Å². The number of carbonyl (C=O) groups is 3. The number of carbonyl (C=O) groups excluding carboxylic acids is 3. The highest BCUT2D eigenvalue weighted by molar-refractivity contribution is 6.05. The minimum Gasteiger partial charge on any atom is -0.482 e. The summed E-state index contributed by atoms with van der Waals surface area (Å²) in [5.74, 6) is 0.860. The average Bonchev–Trinajstić information content (AvgIpc) is 3.25. The molecular weight excluding hydrogens is 504 g/mol. The number of aryl methyl sites for hydroxylation is 1. The maximum atomic E-state index is 13.1. The van der Waals surface area contributed by atoms with E-state index in [9.17, 15) is 14.4 Å². The number of fused-ring (bicyclic) bond motifs is 3. The SMILES string of the molecule is CC(Nc1nn(C)c2c(C(=O)NCc3ccc4c(c3)NC(=O)CO4)ncnc12)c1ccc2c(c1)NC(=O)CO2. The van der Waals surface area contributed by atoms with Gasteiger partial charge in [-0.15, -0.1) is 0 Å². The quantitative estimate of drug-likeness (QED) is 0.294. The van der Waals surface area contributed by atoms with Crippen molar-refractivity contribution in [2.75, 3.05) is 29.2 Å². The monoisotopic (exact) mass is 528 g/mol. The zero-order valence-electron chi connectivity index (χ0n) is 21.1. The molecule has 0 radical (unpaired) electrons. The highest BCUT2D eigenvalue weighted by atomic mass is 16.5. The van der Waals surface area contributed by atoms with Crippen LogP contribution in [0.2, 0.25) is 0 Å². The summed E-state index contributed by atoms with van der Waals surface area (Å²) in [4.78, 5) is 45.0. The van der Waals surface area contributed by atoms with Gasteiger partial charge in [0.1, 0.15) is 28.9 Å². The van der Waals surface area contributed by atoms with Gasteiger partial charge in [-0.3, -0.25) is 19.1 Å². The van der Waals surface area contributed by atoms with Gasteiger partial charge in [0.15, 0.2) is 24.7 Å². The molecule has 1 atom stereocenters. The third-order valence-electron chi connectivity index (χ3n) is 6.45. The molecular formula is C26H24N8O5. The first-order valence-electron chi connectivity index (χ1n) is 12.2. The van der Waals surface area contributed by atoms with Crippen molar-refractivity contribution in [2.45, 2.75) is 19.5 Å². The number of ether oxygens (including phenoxy) is 2. The van der Waals surface area contributed by atoms with Gasteiger partial charge in [0.2, 0.25) is 0 Å². The van der Waals surface area contributed by atoms with E-state index in [1.54, 1.807) is 23.9 Å². The summed E-state index contributed by atoms with van der Waals surface area (Å²) in [6.07, 6.45) is 1.33. The first-order valence-corrected chi connectivity index (χ1v) is 12.2. The van der Waals surface area contributed by atoms with E-state index in [0.29, 0.717) is 39.7 Å². The van der Waals surface area contributed by atoms with E-state index in [2.05, 4.69) is 36.3 Å². The minimum atomic E-state index is -0.395. The Labute approximate surface area is 221 Å². The molecule has 4 aromatic rings. The van der Waals surface area contributed by atoms with Crippen LogP contribution in [0, 0.1) is 0 Å². The lowest BCUT2D eigenvalue weighted by molar-refractivity contribution is -0.119. The van der Waals surface area contributed by atoms with E-state index in [4.69, 9.17) is 9.47 Å². The van der Waals surface area contributed by atoms with E-state index in [1.807, 2.05) is 31.2 Å². The van der Waals surface area contributed by atoms with Gasteiger partial charge in [-0.1, -0.05) is 12.1 Å². The number of nitrogens with one attached hydrogen (secondary N) is 4. The lowest BCUT2D eigenvalue weighted by Crippen LogP contribution is -2.26. The predicted molar refractivity (Wildman–Crippen MR) is 141 cm³/mol. The molecule has 39 heavy (non-hydrogen) atoms. The summed E-state index contributed by atoms with van der Waals surface area (Å²) >= 11 is 0. The lowest BCUT2D eigenvalue weighted by atomic mass is 10.1. The summed E-state index contributed by atoms with van der Waals surface area (Å²) in [6, 6.07) is 10.7. The third kappa shape index (κ3) is 4.65. The summed E-state index contributed by atoms with van der Waals surface area (Å²) in [6.45, 7) is 2.14. The number of amides is 3. The molecule has 1 unspecified atom stereocenters.